The Balaban J connectivity index is 1.58. The van der Waals surface area contributed by atoms with Crippen LogP contribution in [0.1, 0.15) is 30.4 Å². The summed E-state index contributed by atoms with van der Waals surface area (Å²) in [5, 5.41) is 5.12. The van der Waals surface area contributed by atoms with E-state index in [1.807, 2.05) is 35.4 Å². The number of thiophene rings is 1. The van der Waals surface area contributed by atoms with E-state index in [4.69, 9.17) is 9.15 Å². The largest absolute Gasteiger partial charge is 0.469 e. The number of furan rings is 1. The van der Waals surface area contributed by atoms with Crippen molar-refractivity contribution in [3.05, 3.63) is 46.5 Å². The van der Waals surface area contributed by atoms with E-state index in [0.717, 1.165) is 25.2 Å². The molecule has 1 N–H and O–H groups in total. The molecule has 24 heavy (non-hydrogen) atoms. The minimum atomic E-state index is -0.0436. The van der Waals surface area contributed by atoms with Crippen molar-refractivity contribution < 1.29 is 13.9 Å². The van der Waals surface area contributed by atoms with E-state index in [9.17, 15) is 4.79 Å². The highest BCUT2D eigenvalue weighted by molar-refractivity contribution is 7.09. The van der Waals surface area contributed by atoms with Crippen molar-refractivity contribution in [1.82, 2.24) is 10.2 Å². The Morgan fingerprint density at radius 3 is 3.04 bits per heavy atom. The molecule has 0 unspecified atom stereocenters. The molecule has 1 aliphatic rings. The van der Waals surface area contributed by atoms with Crippen LogP contribution in [0.15, 0.2) is 40.3 Å². The first-order valence-electron chi connectivity index (χ1n) is 8.42. The number of rotatable bonds is 7. The van der Waals surface area contributed by atoms with Crippen molar-refractivity contribution in [2.45, 2.75) is 44.9 Å². The molecular weight excluding hydrogens is 324 g/mol. The SMILES string of the molecule is C[C@@H](Cc1ccco1)NC(=O)N(Cc1cccs1)C[C@H]1CCCO1. The van der Waals surface area contributed by atoms with Crippen molar-refractivity contribution >= 4 is 17.4 Å². The summed E-state index contributed by atoms with van der Waals surface area (Å²) in [6.45, 7) is 4.05. The molecule has 0 aromatic carbocycles. The zero-order valence-electron chi connectivity index (χ0n) is 13.9. The van der Waals surface area contributed by atoms with Crippen LogP contribution >= 0.6 is 11.3 Å². The van der Waals surface area contributed by atoms with Crippen molar-refractivity contribution in [2.24, 2.45) is 0 Å². The zero-order chi connectivity index (χ0) is 16.8. The van der Waals surface area contributed by atoms with E-state index >= 15 is 0 Å². The van der Waals surface area contributed by atoms with Gasteiger partial charge in [-0.15, -0.1) is 11.3 Å². The lowest BCUT2D eigenvalue weighted by Crippen LogP contribution is -2.46. The number of nitrogens with zero attached hydrogens (tertiary/aromatic N) is 1. The van der Waals surface area contributed by atoms with Crippen LogP contribution in [0.25, 0.3) is 0 Å². The van der Waals surface area contributed by atoms with Crippen LogP contribution in [-0.4, -0.2) is 36.2 Å². The Morgan fingerprint density at radius 1 is 1.46 bits per heavy atom. The lowest BCUT2D eigenvalue weighted by atomic mass is 10.2. The number of carbonyl (C=O) groups is 1. The topological polar surface area (TPSA) is 54.7 Å². The second-order valence-corrected chi connectivity index (χ2v) is 7.26. The number of hydrogen-bond acceptors (Lipinski definition) is 4. The van der Waals surface area contributed by atoms with Crippen LogP contribution in [0, 0.1) is 0 Å². The first kappa shape index (κ1) is 17.0. The van der Waals surface area contributed by atoms with Crippen molar-refractivity contribution in [1.29, 1.82) is 0 Å². The van der Waals surface area contributed by atoms with Gasteiger partial charge in [-0.1, -0.05) is 6.07 Å². The predicted molar refractivity (Wildman–Crippen MR) is 94.1 cm³/mol. The zero-order valence-corrected chi connectivity index (χ0v) is 14.8. The quantitative estimate of drug-likeness (QED) is 0.831. The normalized spacial score (nSPS) is 18.5. The van der Waals surface area contributed by atoms with Gasteiger partial charge in [-0.3, -0.25) is 0 Å². The fraction of sp³-hybridized carbons (Fsp3) is 0.500. The number of nitrogens with one attached hydrogen (secondary N) is 1. The molecule has 6 heteroatoms. The number of ether oxygens (including phenoxy) is 1. The first-order valence-corrected chi connectivity index (χ1v) is 9.30. The molecular formula is C18H24N2O3S. The van der Waals surface area contributed by atoms with Crippen LogP contribution in [0.5, 0.6) is 0 Å². The Bertz CT molecular complexity index is 606. The van der Waals surface area contributed by atoms with Gasteiger partial charge in [-0.25, -0.2) is 4.79 Å². The third-order valence-electron chi connectivity index (χ3n) is 4.12. The summed E-state index contributed by atoms with van der Waals surface area (Å²) in [6.07, 6.45) is 4.59. The molecule has 1 saturated heterocycles. The summed E-state index contributed by atoms with van der Waals surface area (Å²) in [7, 11) is 0. The summed E-state index contributed by atoms with van der Waals surface area (Å²) in [6, 6.07) is 7.84. The number of hydrogen-bond donors (Lipinski definition) is 1. The minimum Gasteiger partial charge on any atom is -0.469 e. The molecule has 3 heterocycles. The Labute approximate surface area is 146 Å². The van der Waals surface area contributed by atoms with E-state index in [0.29, 0.717) is 19.5 Å². The van der Waals surface area contributed by atoms with Crippen LogP contribution in [0.3, 0.4) is 0 Å². The summed E-state index contributed by atoms with van der Waals surface area (Å²) in [5.41, 5.74) is 0. The van der Waals surface area contributed by atoms with E-state index < -0.39 is 0 Å². The highest BCUT2D eigenvalue weighted by atomic mass is 32.1. The van der Waals surface area contributed by atoms with Gasteiger partial charge >= 0.3 is 6.03 Å². The van der Waals surface area contributed by atoms with Crippen molar-refractivity contribution in [3.8, 4) is 0 Å². The number of urea groups is 1. The smallest absolute Gasteiger partial charge is 0.318 e. The monoisotopic (exact) mass is 348 g/mol. The third-order valence-corrected chi connectivity index (χ3v) is 4.98. The summed E-state index contributed by atoms with van der Waals surface area (Å²) in [5.74, 6) is 0.881. The molecule has 1 aliphatic heterocycles. The fourth-order valence-corrected chi connectivity index (χ4v) is 3.65. The van der Waals surface area contributed by atoms with Crippen LogP contribution < -0.4 is 5.32 Å². The van der Waals surface area contributed by atoms with E-state index in [2.05, 4.69) is 11.4 Å². The average molecular weight is 348 g/mol. The maximum atomic E-state index is 12.7. The molecule has 2 atom stereocenters. The molecule has 2 aromatic rings. The van der Waals surface area contributed by atoms with E-state index in [-0.39, 0.29) is 18.2 Å². The van der Waals surface area contributed by atoms with Crippen LogP contribution in [0.4, 0.5) is 4.79 Å². The molecule has 5 nitrogen and oxygen atoms in total. The molecule has 1 fully saturated rings. The summed E-state index contributed by atoms with van der Waals surface area (Å²) < 4.78 is 11.1. The molecule has 130 valence electrons. The second-order valence-electron chi connectivity index (χ2n) is 6.23. The molecule has 0 aliphatic carbocycles. The molecule has 2 aromatic heterocycles. The van der Waals surface area contributed by atoms with E-state index in [1.54, 1.807) is 17.6 Å². The Kier molecular flexibility index (Phi) is 5.93. The maximum absolute atomic E-state index is 12.7. The van der Waals surface area contributed by atoms with Gasteiger partial charge in [0.25, 0.3) is 0 Å². The summed E-state index contributed by atoms with van der Waals surface area (Å²) >= 11 is 1.67. The van der Waals surface area contributed by atoms with Gasteiger partial charge in [0.2, 0.25) is 0 Å². The lowest BCUT2D eigenvalue weighted by molar-refractivity contribution is 0.0792. The Morgan fingerprint density at radius 2 is 2.38 bits per heavy atom. The predicted octanol–water partition coefficient (Wildman–Crippen LogP) is 3.66. The lowest BCUT2D eigenvalue weighted by Gasteiger charge is -2.27. The molecule has 0 radical (unpaired) electrons. The van der Waals surface area contributed by atoms with Crippen molar-refractivity contribution in [2.75, 3.05) is 13.2 Å². The molecule has 3 rings (SSSR count). The van der Waals surface area contributed by atoms with Gasteiger partial charge in [0.15, 0.2) is 0 Å². The third kappa shape index (κ3) is 4.85. The standard InChI is InChI=1S/C18H24N2O3S/c1-14(11-15-5-2-8-22-15)19-18(21)20(12-16-6-3-9-23-16)13-17-7-4-10-24-17/h2,4-5,7-8,10,14,16H,3,6,9,11-13H2,1H3,(H,19,21)/t14-,16+/m0/s1. The second kappa shape index (κ2) is 8.35. The van der Waals surface area contributed by atoms with Gasteiger partial charge in [-0.2, -0.15) is 0 Å². The molecule has 0 saturated carbocycles. The highest BCUT2D eigenvalue weighted by Gasteiger charge is 2.24. The van der Waals surface area contributed by atoms with Gasteiger partial charge in [0.05, 0.1) is 18.9 Å². The highest BCUT2D eigenvalue weighted by Crippen LogP contribution is 2.17. The number of carbonyl (C=O) groups excluding carboxylic acids is 1. The van der Waals surface area contributed by atoms with E-state index in [1.165, 1.54) is 4.88 Å². The fourth-order valence-electron chi connectivity index (χ4n) is 2.93. The maximum Gasteiger partial charge on any atom is 0.318 e. The van der Waals surface area contributed by atoms with Gasteiger partial charge in [0, 0.05) is 30.5 Å². The average Bonchev–Trinajstić information content (AvgIpc) is 3.30. The molecule has 0 bridgehead atoms. The van der Waals surface area contributed by atoms with Gasteiger partial charge < -0.3 is 19.4 Å². The molecule has 2 amide bonds. The first-order chi connectivity index (χ1) is 11.7. The Hall–Kier alpha value is -1.79. The minimum absolute atomic E-state index is 0.0129. The van der Waals surface area contributed by atoms with Crippen LogP contribution in [0.2, 0.25) is 0 Å². The summed E-state index contributed by atoms with van der Waals surface area (Å²) in [4.78, 5) is 15.8. The van der Waals surface area contributed by atoms with Crippen molar-refractivity contribution in [3.63, 3.8) is 0 Å². The molecule has 0 spiro atoms. The number of amides is 2. The van der Waals surface area contributed by atoms with Gasteiger partial charge in [0.1, 0.15) is 5.76 Å². The van der Waals surface area contributed by atoms with Crippen LogP contribution in [-0.2, 0) is 17.7 Å². The van der Waals surface area contributed by atoms with Gasteiger partial charge in [-0.05, 0) is 43.3 Å².